The third kappa shape index (κ3) is 1.96. The largest absolute Gasteiger partial charge is 0.479 e. The summed E-state index contributed by atoms with van der Waals surface area (Å²) in [5.74, 6) is -3.83. The molecule has 1 aliphatic rings. The molecule has 0 saturated carbocycles. The van der Waals surface area contributed by atoms with Gasteiger partial charge in [-0.2, -0.15) is 0 Å². The van der Waals surface area contributed by atoms with Gasteiger partial charge in [0.15, 0.2) is 18.0 Å². The first-order valence-electron chi connectivity index (χ1n) is 3.65. The highest BCUT2D eigenvalue weighted by atomic mass is 16.8. The molecule has 0 aromatic carbocycles. The Labute approximate surface area is 74.1 Å². The monoisotopic (exact) mass is 190 g/mol. The molecule has 2 atom stereocenters. The van der Waals surface area contributed by atoms with E-state index in [4.69, 9.17) is 19.7 Å². The summed E-state index contributed by atoms with van der Waals surface area (Å²) in [7, 11) is 0. The molecule has 0 aromatic rings. The lowest BCUT2D eigenvalue weighted by Crippen LogP contribution is -2.36. The van der Waals surface area contributed by atoms with Gasteiger partial charge in [0.05, 0.1) is 0 Å². The van der Waals surface area contributed by atoms with Crippen molar-refractivity contribution in [3.63, 3.8) is 0 Å². The van der Waals surface area contributed by atoms with Gasteiger partial charge in [-0.15, -0.1) is 0 Å². The van der Waals surface area contributed by atoms with Gasteiger partial charge in [0, 0.05) is 0 Å². The molecule has 6 heteroatoms. The summed E-state index contributed by atoms with van der Waals surface area (Å²) in [6, 6.07) is 0. The lowest BCUT2D eigenvalue weighted by Gasteiger charge is -2.15. The lowest BCUT2D eigenvalue weighted by molar-refractivity contribution is -0.169. The van der Waals surface area contributed by atoms with E-state index in [1.807, 2.05) is 0 Å². The summed E-state index contributed by atoms with van der Waals surface area (Å²) < 4.78 is 9.76. The number of hydrogen-bond acceptors (Lipinski definition) is 4. The van der Waals surface area contributed by atoms with Gasteiger partial charge in [-0.05, 0) is 13.8 Å². The van der Waals surface area contributed by atoms with Gasteiger partial charge < -0.3 is 19.7 Å². The van der Waals surface area contributed by atoms with Gasteiger partial charge in [-0.25, -0.2) is 9.59 Å². The second-order valence-electron chi connectivity index (χ2n) is 3.15. The van der Waals surface area contributed by atoms with Crippen molar-refractivity contribution in [3.8, 4) is 0 Å². The fourth-order valence-electron chi connectivity index (χ4n) is 1.12. The van der Waals surface area contributed by atoms with Crippen LogP contribution in [0.3, 0.4) is 0 Å². The molecule has 1 fully saturated rings. The molecule has 1 aliphatic heterocycles. The minimum Gasteiger partial charge on any atom is -0.479 e. The molecular weight excluding hydrogens is 180 g/mol. The van der Waals surface area contributed by atoms with Crippen molar-refractivity contribution >= 4 is 11.9 Å². The summed E-state index contributed by atoms with van der Waals surface area (Å²) in [4.78, 5) is 21.1. The van der Waals surface area contributed by atoms with Crippen molar-refractivity contribution in [3.05, 3.63) is 0 Å². The Bertz CT molecular complexity index is 221. The van der Waals surface area contributed by atoms with Crippen molar-refractivity contribution in [2.45, 2.75) is 31.8 Å². The minimum absolute atomic E-state index is 1.16. The van der Waals surface area contributed by atoms with Crippen molar-refractivity contribution < 1.29 is 29.3 Å². The zero-order valence-electron chi connectivity index (χ0n) is 7.18. The number of hydrogen-bond donors (Lipinski definition) is 2. The van der Waals surface area contributed by atoms with E-state index in [0.717, 1.165) is 0 Å². The summed E-state index contributed by atoms with van der Waals surface area (Å²) >= 11 is 0. The number of aliphatic carboxylic acids is 2. The van der Waals surface area contributed by atoms with E-state index in [1.54, 1.807) is 0 Å². The van der Waals surface area contributed by atoms with E-state index in [9.17, 15) is 9.59 Å². The SMILES string of the molecule is CC1(C)O[C@H](C(=O)O)[C@@H](C(=O)O)O1. The quantitative estimate of drug-likeness (QED) is 0.619. The maximum Gasteiger partial charge on any atom is 0.336 e. The minimum atomic E-state index is -1.44. The molecule has 74 valence electrons. The molecule has 13 heavy (non-hydrogen) atoms. The van der Waals surface area contributed by atoms with Crippen LogP contribution < -0.4 is 0 Å². The standard InChI is InChI=1S/C7H10O6/c1-7(2)12-3(5(8)9)4(13-7)6(10)11/h3-4H,1-2H3,(H,8,9)(H,10,11)/t3-,4-/m0/s1. The van der Waals surface area contributed by atoms with E-state index < -0.39 is 29.9 Å². The summed E-state index contributed by atoms with van der Waals surface area (Å²) in [6.07, 6.45) is -2.88. The van der Waals surface area contributed by atoms with Crippen molar-refractivity contribution in [2.75, 3.05) is 0 Å². The second kappa shape index (κ2) is 2.97. The number of carbonyl (C=O) groups is 2. The maximum absolute atomic E-state index is 10.5. The third-order valence-corrected chi connectivity index (χ3v) is 1.58. The van der Waals surface area contributed by atoms with Crippen LogP contribution in [0.15, 0.2) is 0 Å². The smallest absolute Gasteiger partial charge is 0.336 e. The third-order valence-electron chi connectivity index (χ3n) is 1.58. The van der Waals surface area contributed by atoms with Gasteiger partial charge in [-0.1, -0.05) is 0 Å². The van der Waals surface area contributed by atoms with Crippen LogP contribution in [0.25, 0.3) is 0 Å². The fraction of sp³-hybridized carbons (Fsp3) is 0.714. The number of ether oxygens (including phenoxy) is 2. The van der Waals surface area contributed by atoms with Crippen molar-refractivity contribution in [1.82, 2.24) is 0 Å². The van der Waals surface area contributed by atoms with E-state index in [1.165, 1.54) is 13.8 Å². The Morgan fingerprint density at radius 3 is 1.62 bits per heavy atom. The van der Waals surface area contributed by atoms with Crippen LogP contribution in [0.2, 0.25) is 0 Å². The molecule has 0 aliphatic carbocycles. The van der Waals surface area contributed by atoms with Crippen LogP contribution in [0, 0.1) is 0 Å². The van der Waals surface area contributed by atoms with Crippen LogP contribution in [-0.4, -0.2) is 40.1 Å². The van der Waals surface area contributed by atoms with Gasteiger partial charge in [0.1, 0.15) is 0 Å². The summed E-state index contributed by atoms with van der Waals surface area (Å²) in [5.41, 5.74) is 0. The first kappa shape index (κ1) is 9.94. The van der Waals surface area contributed by atoms with E-state index in [2.05, 4.69) is 0 Å². The molecule has 0 spiro atoms. The van der Waals surface area contributed by atoms with Crippen LogP contribution in [0.5, 0.6) is 0 Å². The van der Waals surface area contributed by atoms with Crippen molar-refractivity contribution in [2.24, 2.45) is 0 Å². The normalized spacial score (nSPS) is 31.5. The average molecular weight is 190 g/mol. The topological polar surface area (TPSA) is 93.1 Å². The van der Waals surface area contributed by atoms with Crippen LogP contribution >= 0.6 is 0 Å². The molecule has 1 saturated heterocycles. The molecule has 0 radical (unpaired) electrons. The Morgan fingerprint density at radius 1 is 1.08 bits per heavy atom. The van der Waals surface area contributed by atoms with Crippen LogP contribution in [-0.2, 0) is 19.1 Å². The van der Waals surface area contributed by atoms with Gasteiger partial charge >= 0.3 is 11.9 Å². The van der Waals surface area contributed by atoms with Crippen LogP contribution in [0.1, 0.15) is 13.8 Å². The van der Waals surface area contributed by atoms with E-state index in [0.29, 0.717) is 0 Å². The number of rotatable bonds is 2. The zero-order chi connectivity index (χ0) is 10.2. The molecule has 6 nitrogen and oxygen atoms in total. The first-order chi connectivity index (χ1) is 5.83. The first-order valence-corrected chi connectivity index (χ1v) is 3.65. The summed E-state index contributed by atoms with van der Waals surface area (Å²) in [5, 5.41) is 17.2. The predicted octanol–water partition coefficient (Wildman–Crippen LogP) is -0.324. The highest BCUT2D eigenvalue weighted by molar-refractivity contribution is 5.84. The highest BCUT2D eigenvalue weighted by Crippen LogP contribution is 2.28. The van der Waals surface area contributed by atoms with E-state index >= 15 is 0 Å². The Morgan fingerprint density at radius 2 is 1.38 bits per heavy atom. The maximum atomic E-state index is 10.5. The Balaban J connectivity index is 2.83. The molecule has 0 bridgehead atoms. The molecule has 0 amide bonds. The van der Waals surface area contributed by atoms with E-state index in [-0.39, 0.29) is 0 Å². The van der Waals surface area contributed by atoms with Crippen LogP contribution in [0.4, 0.5) is 0 Å². The Kier molecular flexibility index (Phi) is 2.27. The number of carboxylic acid groups (broad SMARTS) is 2. The summed E-state index contributed by atoms with van der Waals surface area (Å²) in [6.45, 7) is 2.93. The molecule has 0 aromatic heterocycles. The average Bonchev–Trinajstić information content (AvgIpc) is 2.26. The van der Waals surface area contributed by atoms with Gasteiger partial charge in [0.2, 0.25) is 0 Å². The zero-order valence-corrected chi connectivity index (χ0v) is 7.18. The molecule has 1 rings (SSSR count). The van der Waals surface area contributed by atoms with Crippen molar-refractivity contribution in [1.29, 1.82) is 0 Å². The molecular formula is C7H10O6. The van der Waals surface area contributed by atoms with Gasteiger partial charge in [0.25, 0.3) is 0 Å². The highest BCUT2D eigenvalue weighted by Gasteiger charge is 2.49. The molecule has 1 heterocycles. The number of carboxylic acids is 2. The fourth-order valence-corrected chi connectivity index (χ4v) is 1.12. The molecule has 2 N–H and O–H groups in total. The lowest BCUT2D eigenvalue weighted by atomic mass is 10.2. The Hall–Kier alpha value is -1.14. The molecule has 0 unspecified atom stereocenters. The predicted molar refractivity (Wildman–Crippen MR) is 39.1 cm³/mol. The second-order valence-corrected chi connectivity index (χ2v) is 3.15. The van der Waals surface area contributed by atoms with Gasteiger partial charge in [-0.3, -0.25) is 0 Å².